The zero-order chi connectivity index (χ0) is 24.2. The molecule has 0 radical (unpaired) electrons. The normalized spacial score (nSPS) is 22.1. The third kappa shape index (κ3) is 3.76. The summed E-state index contributed by atoms with van der Waals surface area (Å²) in [5, 5.41) is 17.6. The number of hydrogen-bond acceptors (Lipinski definition) is 7. The van der Waals surface area contributed by atoms with E-state index >= 15 is 0 Å². The van der Waals surface area contributed by atoms with Crippen molar-refractivity contribution in [2.75, 3.05) is 11.4 Å². The molecule has 1 aliphatic heterocycles. The van der Waals surface area contributed by atoms with Gasteiger partial charge in [-0.1, -0.05) is 19.0 Å². The summed E-state index contributed by atoms with van der Waals surface area (Å²) in [4.78, 5) is 33.1. The number of anilines is 1. The highest BCUT2D eigenvalue weighted by Gasteiger charge is 2.54. The van der Waals surface area contributed by atoms with Gasteiger partial charge in [-0.05, 0) is 68.2 Å². The number of piperidine rings is 1. The van der Waals surface area contributed by atoms with Crippen LogP contribution in [-0.4, -0.2) is 49.9 Å². The number of carbonyl (C=O) groups excluding carboxylic acids is 2. The average Bonchev–Trinajstić information content (AvgIpc) is 3.43. The number of aryl methyl sites for hydroxylation is 3. The molecule has 10 nitrogen and oxygen atoms in total. The molecule has 178 valence electrons. The van der Waals surface area contributed by atoms with Crippen molar-refractivity contribution < 1.29 is 14.2 Å². The minimum atomic E-state index is -0.669. The molecule has 2 atom stereocenters. The van der Waals surface area contributed by atoms with E-state index in [4.69, 9.17) is 0 Å². The smallest absolute Gasteiger partial charge is 0.276 e. The fourth-order valence-electron chi connectivity index (χ4n) is 5.37. The Bertz CT molecular complexity index is 1220. The second kappa shape index (κ2) is 8.03. The molecular weight excluding hydrogens is 434 g/mol. The number of pyridine rings is 1. The molecule has 5 rings (SSSR count). The third-order valence-electron chi connectivity index (χ3n) is 7.09. The number of nitrogens with one attached hydrogen (secondary N) is 2. The molecule has 0 spiro atoms. The average molecular weight is 464 g/mol. The van der Waals surface area contributed by atoms with E-state index in [0.29, 0.717) is 23.8 Å². The largest absolute Gasteiger partial charge is 0.338 e. The van der Waals surface area contributed by atoms with E-state index in [1.54, 1.807) is 18.0 Å². The fourth-order valence-corrected chi connectivity index (χ4v) is 5.37. The first-order valence-corrected chi connectivity index (χ1v) is 11.6. The lowest BCUT2D eigenvalue weighted by Gasteiger charge is -2.48. The van der Waals surface area contributed by atoms with E-state index in [2.05, 4.69) is 49.3 Å². The predicted molar refractivity (Wildman–Crippen MR) is 124 cm³/mol. The van der Waals surface area contributed by atoms with Crippen LogP contribution in [0, 0.1) is 38.0 Å². The Hall–Kier alpha value is -3.56. The van der Waals surface area contributed by atoms with Crippen molar-refractivity contribution in [3.05, 3.63) is 41.1 Å². The van der Waals surface area contributed by atoms with Crippen molar-refractivity contribution in [2.24, 2.45) is 17.3 Å². The van der Waals surface area contributed by atoms with Gasteiger partial charge in [-0.2, -0.15) is 5.10 Å². The summed E-state index contributed by atoms with van der Waals surface area (Å²) in [7, 11) is 0. The van der Waals surface area contributed by atoms with Crippen molar-refractivity contribution in [1.82, 2.24) is 30.8 Å². The molecule has 0 aromatic carbocycles. The van der Waals surface area contributed by atoms with Crippen molar-refractivity contribution in [1.29, 1.82) is 0 Å². The monoisotopic (exact) mass is 463 g/mol. The first-order chi connectivity index (χ1) is 16.2. The lowest BCUT2D eigenvalue weighted by atomic mass is 9.68. The van der Waals surface area contributed by atoms with E-state index in [1.165, 1.54) is 0 Å². The van der Waals surface area contributed by atoms with Crippen molar-refractivity contribution >= 4 is 17.5 Å². The van der Waals surface area contributed by atoms with Crippen LogP contribution in [0.25, 0.3) is 11.3 Å². The molecule has 2 amide bonds. The van der Waals surface area contributed by atoms with Gasteiger partial charge in [0.05, 0.1) is 23.3 Å². The highest BCUT2D eigenvalue weighted by molar-refractivity contribution is 6.03. The topological polar surface area (TPSA) is 130 Å². The first kappa shape index (κ1) is 22.2. The van der Waals surface area contributed by atoms with Crippen LogP contribution in [-0.2, 0) is 4.79 Å². The molecule has 1 saturated carbocycles. The van der Waals surface area contributed by atoms with Gasteiger partial charge in [-0.3, -0.25) is 19.7 Å². The third-order valence-corrected chi connectivity index (χ3v) is 7.09. The molecular formula is C24H29N7O3. The molecule has 3 aromatic heterocycles. The number of H-pyrrole nitrogens is 1. The predicted octanol–water partition coefficient (Wildman–Crippen LogP) is 2.98. The second-order valence-electron chi connectivity index (χ2n) is 10.1. The molecule has 1 aliphatic carbocycles. The molecule has 34 heavy (non-hydrogen) atoms. The van der Waals surface area contributed by atoms with Crippen molar-refractivity contribution in [3.63, 3.8) is 0 Å². The Morgan fingerprint density at radius 1 is 1.18 bits per heavy atom. The summed E-state index contributed by atoms with van der Waals surface area (Å²) >= 11 is 0. The maximum absolute atomic E-state index is 13.8. The standard InChI is InChI=1S/C24H29N7O3/c1-12-18(13(2)28-27-12)17-9-8-16(10-25-17)31-11-24(4,5)19(15-6-7-15)21(23(31)33)26-22(32)20-14(3)29-34-30-20/h8-10,15,19,21H,6-7,11H2,1-5H3,(H,26,32)(H,27,28)/t19?,21-/m0/s1. The molecule has 2 fully saturated rings. The van der Waals surface area contributed by atoms with Crippen molar-refractivity contribution in [2.45, 2.75) is 53.5 Å². The quantitative estimate of drug-likeness (QED) is 0.595. The lowest BCUT2D eigenvalue weighted by molar-refractivity contribution is -0.126. The Labute approximate surface area is 197 Å². The minimum absolute atomic E-state index is 0.0313. The molecule has 1 saturated heterocycles. The number of rotatable bonds is 5. The van der Waals surface area contributed by atoms with E-state index in [0.717, 1.165) is 35.5 Å². The zero-order valence-electron chi connectivity index (χ0n) is 20.0. The number of nitrogens with zero attached hydrogens (tertiary/aromatic N) is 5. The van der Waals surface area contributed by atoms with Gasteiger partial charge < -0.3 is 10.2 Å². The molecule has 1 unspecified atom stereocenters. The van der Waals surface area contributed by atoms with Crippen LogP contribution in [0.1, 0.15) is 54.3 Å². The summed E-state index contributed by atoms with van der Waals surface area (Å²) in [5.74, 6) is -0.136. The van der Waals surface area contributed by atoms with Gasteiger partial charge in [0.25, 0.3) is 5.91 Å². The van der Waals surface area contributed by atoms with Crippen LogP contribution in [0.5, 0.6) is 0 Å². The molecule has 2 N–H and O–H groups in total. The van der Waals surface area contributed by atoms with E-state index < -0.39 is 11.9 Å². The van der Waals surface area contributed by atoms with Crippen LogP contribution in [0.4, 0.5) is 5.69 Å². The maximum Gasteiger partial charge on any atom is 0.276 e. The number of amides is 2. The van der Waals surface area contributed by atoms with Gasteiger partial charge in [0.2, 0.25) is 5.91 Å². The second-order valence-corrected chi connectivity index (χ2v) is 10.1. The summed E-state index contributed by atoms with van der Waals surface area (Å²) in [6.45, 7) is 10.4. The fraction of sp³-hybridized carbons (Fsp3) is 0.500. The Morgan fingerprint density at radius 3 is 2.50 bits per heavy atom. The SMILES string of the molecule is Cc1nonc1C(=O)N[C@@H]1C(=O)N(c2ccc(-c3c(C)n[nH]c3C)nc2)CC(C)(C)C1C1CC1. The van der Waals surface area contributed by atoms with Gasteiger partial charge in [0, 0.05) is 17.8 Å². The highest BCUT2D eigenvalue weighted by atomic mass is 16.6. The van der Waals surface area contributed by atoms with Crippen LogP contribution < -0.4 is 10.2 Å². The highest BCUT2D eigenvalue weighted by Crippen LogP contribution is 2.50. The van der Waals surface area contributed by atoms with Gasteiger partial charge >= 0.3 is 0 Å². The molecule has 0 bridgehead atoms. The molecule has 10 heteroatoms. The summed E-state index contributed by atoms with van der Waals surface area (Å²) < 4.78 is 4.69. The summed E-state index contributed by atoms with van der Waals surface area (Å²) in [6.07, 6.45) is 3.85. The van der Waals surface area contributed by atoms with Crippen LogP contribution in [0.2, 0.25) is 0 Å². The van der Waals surface area contributed by atoms with E-state index in [1.807, 2.05) is 26.0 Å². The van der Waals surface area contributed by atoms with Gasteiger partial charge in [0.1, 0.15) is 11.7 Å². The molecule has 2 aliphatic rings. The minimum Gasteiger partial charge on any atom is -0.338 e. The zero-order valence-corrected chi connectivity index (χ0v) is 20.0. The number of hydrogen-bond donors (Lipinski definition) is 2. The van der Waals surface area contributed by atoms with Gasteiger partial charge in [-0.25, -0.2) is 4.63 Å². The number of carbonyl (C=O) groups is 2. The van der Waals surface area contributed by atoms with Crippen LogP contribution in [0.15, 0.2) is 23.0 Å². The Kier molecular flexibility index (Phi) is 5.26. The summed E-state index contributed by atoms with van der Waals surface area (Å²) in [6, 6.07) is 3.15. The maximum atomic E-state index is 13.8. The Morgan fingerprint density at radius 2 is 1.94 bits per heavy atom. The van der Waals surface area contributed by atoms with Crippen molar-refractivity contribution in [3.8, 4) is 11.3 Å². The van der Waals surface area contributed by atoms with Gasteiger partial charge in [0.15, 0.2) is 5.69 Å². The molecule has 3 aromatic rings. The number of aromatic nitrogens is 5. The van der Waals surface area contributed by atoms with E-state index in [9.17, 15) is 9.59 Å². The van der Waals surface area contributed by atoms with Crippen LogP contribution in [0.3, 0.4) is 0 Å². The summed E-state index contributed by atoms with van der Waals surface area (Å²) in [5.41, 5.74) is 4.58. The van der Waals surface area contributed by atoms with Gasteiger partial charge in [-0.15, -0.1) is 0 Å². The molecule has 4 heterocycles. The lowest BCUT2D eigenvalue weighted by Crippen LogP contribution is -2.63. The number of aromatic amines is 1. The first-order valence-electron chi connectivity index (χ1n) is 11.6. The van der Waals surface area contributed by atoms with E-state index in [-0.39, 0.29) is 22.9 Å². The van der Waals surface area contributed by atoms with Crippen LogP contribution >= 0.6 is 0 Å². The Balaban J connectivity index is 1.46.